The Morgan fingerprint density at radius 2 is 1.47 bits per heavy atom. The van der Waals surface area contributed by atoms with E-state index in [1.54, 1.807) is 0 Å². The third kappa shape index (κ3) is 3.34. The van der Waals surface area contributed by atoms with Crippen LogP contribution in [0.3, 0.4) is 0 Å². The number of aromatic nitrogens is 1. The maximum Gasteiger partial charge on any atom is 0.228 e. The predicted molar refractivity (Wildman–Crippen MR) is 152 cm³/mol. The molecule has 0 unspecified atom stereocenters. The Morgan fingerprint density at radius 1 is 0.778 bits per heavy atom. The Kier molecular flexibility index (Phi) is 4.83. The Hall–Kier alpha value is -3.39. The summed E-state index contributed by atoms with van der Waals surface area (Å²) in [6.07, 6.45) is 3.17. The molecule has 0 aliphatic carbocycles. The maximum absolute atomic E-state index is 7.03. The van der Waals surface area contributed by atoms with Gasteiger partial charge in [-0.05, 0) is 62.9 Å². The van der Waals surface area contributed by atoms with Gasteiger partial charge in [0.05, 0.1) is 10.9 Å². The SMILES string of the molecule is Cc1c2c(c(CC(C)(C)C)c3ccccc13)Oc1cc3c(C(C)(C)C)cccc3c3cc[n+](C)c-2c13. The molecule has 5 aromatic rings. The van der Waals surface area contributed by atoms with Crippen LogP contribution in [0.2, 0.25) is 0 Å². The van der Waals surface area contributed by atoms with Crippen LogP contribution in [0.25, 0.3) is 43.6 Å². The van der Waals surface area contributed by atoms with E-state index < -0.39 is 0 Å². The van der Waals surface area contributed by atoms with Gasteiger partial charge in [-0.3, -0.25) is 0 Å². The van der Waals surface area contributed by atoms with E-state index >= 15 is 0 Å². The van der Waals surface area contributed by atoms with Crippen molar-refractivity contribution in [3.8, 4) is 22.8 Å². The zero-order chi connectivity index (χ0) is 25.6. The molecule has 6 rings (SSSR count). The number of hydrogen-bond donors (Lipinski definition) is 0. The van der Waals surface area contributed by atoms with Crippen LogP contribution >= 0.6 is 0 Å². The highest BCUT2D eigenvalue weighted by molar-refractivity contribution is 6.17. The first kappa shape index (κ1) is 23.0. The van der Waals surface area contributed by atoms with E-state index in [0.717, 1.165) is 17.9 Å². The first-order chi connectivity index (χ1) is 17.0. The van der Waals surface area contributed by atoms with Crippen LogP contribution < -0.4 is 9.30 Å². The molecule has 2 nitrogen and oxygen atoms in total. The van der Waals surface area contributed by atoms with E-state index in [1.807, 2.05) is 0 Å². The molecule has 0 bridgehead atoms. The highest BCUT2D eigenvalue weighted by Gasteiger charge is 2.34. The molecule has 2 heterocycles. The number of benzene rings is 4. The van der Waals surface area contributed by atoms with Gasteiger partial charge in [0.1, 0.15) is 18.5 Å². The minimum Gasteiger partial charge on any atom is -0.455 e. The second-order valence-corrected chi connectivity index (χ2v) is 12.8. The number of fused-ring (bicyclic) bond motifs is 5. The average Bonchev–Trinajstić information content (AvgIpc) is 2.81. The van der Waals surface area contributed by atoms with Gasteiger partial charge >= 0.3 is 0 Å². The Balaban J connectivity index is 1.81. The molecule has 36 heavy (non-hydrogen) atoms. The molecule has 0 saturated heterocycles. The maximum atomic E-state index is 7.03. The van der Waals surface area contributed by atoms with Gasteiger partial charge in [-0.1, -0.05) is 84.0 Å². The van der Waals surface area contributed by atoms with E-state index in [0.29, 0.717) is 0 Å². The molecule has 0 saturated carbocycles. The number of hydrogen-bond acceptors (Lipinski definition) is 1. The van der Waals surface area contributed by atoms with Gasteiger partial charge in [-0.25, -0.2) is 4.57 Å². The quantitative estimate of drug-likeness (QED) is 0.171. The summed E-state index contributed by atoms with van der Waals surface area (Å²) in [5, 5.41) is 7.67. The van der Waals surface area contributed by atoms with E-state index in [9.17, 15) is 0 Å². The number of nitrogens with zero attached hydrogens (tertiary/aromatic N) is 1. The fourth-order valence-corrected chi connectivity index (χ4v) is 6.18. The zero-order valence-electron chi connectivity index (χ0n) is 22.8. The molecule has 0 amide bonds. The molecule has 0 fully saturated rings. The second kappa shape index (κ2) is 7.56. The monoisotopic (exact) mass is 474 g/mol. The van der Waals surface area contributed by atoms with E-state index in [2.05, 4.69) is 121 Å². The van der Waals surface area contributed by atoms with Crippen molar-refractivity contribution in [1.82, 2.24) is 0 Å². The van der Waals surface area contributed by atoms with Gasteiger partial charge in [0.15, 0.2) is 6.20 Å². The third-order valence-electron chi connectivity index (χ3n) is 7.74. The van der Waals surface area contributed by atoms with Gasteiger partial charge in [-0.15, -0.1) is 0 Å². The summed E-state index contributed by atoms with van der Waals surface area (Å²) in [4.78, 5) is 0. The molecular weight excluding hydrogens is 438 g/mol. The predicted octanol–water partition coefficient (Wildman–Crippen LogP) is 8.94. The molecule has 182 valence electrons. The Morgan fingerprint density at radius 3 is 2.17 bits per heavy atom. The lowest BCUT2D eigenvalue weighted by atomic mass is 9.80. The van der Waals surface area contributed by atoms with Crippen molar-refractivity contribution in [3.63, 3.8) is 0 Å². The number of rotatable bonds is 1. The lowest BCUT2D eigenvalue weighted by Crippen LogP contribution is -2.32. The Labute approximate surface area is 214 Å². The van der Waals surface area contributed by atoms with Gasteiger partial charge < -0.3 is 4.74 Å². The van der Waals surface area contributed by atoms with Crippen molar-refractivity contribution < 1.29 is 9.30 Å². The standard InChI is InChI=1S/C34H36NO/c1-20-21-12-9-10-13-22(21)26(19-33(2,3)4)32-29(20)31-30-24(16-17-35(31)8)23-14-11-15-27(34(5,6)7)25(23)18-28(30)36-32/h9-18H,19H2,1-8H3/q+1. The van der Waals surface area contributed by atoms with E-state index in [4.69, 9.17) is 4.74 Å². The summed E-state index contributed by atoms with van der Waals surface area (Å²) in [5.41, 5.74) is 6.61. The number of aryl methyl sites for hydroxylation is 2. The summed E-state index contributed by atoms with van der Waals surface area (Å²) in [6.45, 7) is 16.1. The van der Waals surface area contributed by atoms with Gasteiger partial charge in [0.2, 0.25) is 5.69 Å². The second-order valence-electron chi connectivity index (χ2n) is 12.8. The molecule has 0 N–H and O–H groups in total. The lowest BCUT2D eigenvalue weighted by Gasteiger charge is -2.29. The van der Waals surface area contributed by atoms with Crippen LogP contribution in [0.5, 0.6) is 11.5 Å². The van der Waals surface area contributed by atoms with Crippen molar-refractivity contribution in [2.45, 2.75) is 60.3 Å². The molecule has 0 spiro atoms. The summed E-state index contributed by atoms with van der Waals surface area (Å²) in [6, 6.07) is 20.1. The minimum atomic E-state index is 0.0406. The Bertz CT molecular complexity index is 1710. The van der Waals surface area contributed by atoms with Crippen molar-refractivity contribution in [2.24, 2.45) is 12.5 Å². The first-order valence-corrected chi connectivity index (χ1v) is 13.1. The smallest absolute Gasteiger partial charge is 0.228 e. The summed E-state index contributed by atoms with van der Waals surface area (Å²) >= 11 is 0. The normalized spacial score (nSPS) is 13.3. The number of ether oxygens (including phenoxy) is 1. The average molecular weight is 475 g/mol. The van der Waals surface area contributed by atoms with E-state index in [-0.39, 0.29) is 10.8 Å². The summed E-state index contributed by atoms with van der Waals surface area (Å²) in [7, 11) is 2.17. The van der Waals surface area contributed by atoms with Crippen LogP contribution in [-0.4, -0.2) is 0 Å². The lowest BCUT2D eigenvalue weighted by molar-refractivity contribution is -0.659. The van der Waals surface area contributed by atoms with Crippen molar-refractivity contribution in [3.05, 3.63) is 77.5 Å². The minimum absolute atomic E-state index is 0.0406. The first-order valence-electron chi connectivity index (χ1n) is 13.1. The van der Waals surface area contributed by atoms with Crippen LogP contribution in [0, 0.1) is 12.3 Å². The zero-order valence-corrected chi connectivity index (χ0v) is 22.8. The molecule has 0 radical (unpaired) electrons. The highest BCUT2D eigenvalue weighted by Crippen LogP contribution is 2.53. The van der Waals surface area contributed by atoms with Crippen molar-refractivity contribution in [1.29, 1.82) is 0 Å². The number of pyridine rings is 1. The molecular formula is C34H36NO+. The molecule has 1 aromatic heterocycles. The van der Waals surface area contributed by atoms with Crippen molar-refractivity contribution >= 4 is 32.3 Å². The largest absolute Gasteiger partial charge is 0.455 e. The van der Waals surface area contributed by atoms with Gasteiger partial charge in [0.25, 0.3) is 0 Å². The molecule has 4 aromatic carbocycles. The van der Waals surface area contributed by atoms with Crippen LogP contribution in [0.1, 0.15) is 58.2 Å². The van der Waals surface area contributed by atoms with Crippen LogP contribution in [-0.2, 0) is 18.9 Å². The fourth-order valence-electron chi connectivity index (χ4n) is 6.18. The highest BCUT2D eigenvalue weighted by atomic mass is 16.5. The topological polar surface area (TPSA) is 13.1 Å². The van der Waals surface area contributed by atoms with Crippen molar-refractivity contribution in [2.75, 3.05) is 0 Å². The molecule has 0 atom stereocenters. The van der Waals surface area contributed by atoms with Crippen LogP contribution in [0.15, 0.2) is 60.8 Å². The molecule has 1 aliphatic rings. The fraction of sp³-hybridized carbons (Fsp3) is 0.324. The van der Waals surface area contributed by atoms with Gasteiger partial charge in [0, 0.05) is 17.0 Å². The van der Waals surface area contributed by atoms with E-state index in [1.165, 1.54) is 60.3 Å². The molecule has 2 heteroatoms. The van der Waals surface area contributed by atoms with Crippen LogP contribution in [0.4, 0.5) is 0 Å². The molecule has 1 aliphatic heterocycles. The third-order valence-corrected chi connectivity index (χ3v) is 7.74. The van der Waals surface area contributed by atoms with Gasteiger partial charge in [-0.2, -0.15) is 0 Å². The summed E-state index contributed by atoms with van der Waals surface area (Å²) < 4.78 is 9.32. The summed E-state index contributed by atoms with van der Waals surface area (Å²) in [5.74, 6) is 2.00.